The monoisotopic (exact) mass is 267 g/mol. The zero-order chi connectivity index (χ0) is 13.2. The minimum atomic E-state index is -0.983. The summed E-state index contributed by atoms with van der Waals surface area (Å²) in [6.45, 7) is 2.86. The van der Waals surface area contributed by atoms with Gasteiger partial charge in [-0.25, -0.2) is 4.79 Å². The van der Waals surface area contributed by atoms with Crippen molar-refractivity contribution in [1.29, 1.82) is 0 Å². The summed E-state index contributed by atoms with van der Waals surface area (Å²) in [7, 11) is 0. The summed E-state index contributed by atoms with van der Waals surface area (Å²) in [6.07, 6.45) is 4.66. The van der Waals surface area contributed by atoms with Gasteiger partial charge in [-0.05, 0) is 36.8 Å². The van der Waals surface area contributed by atoms with Crippen LogP contribution in [0.2, 0.25) is 0 Å². The van der Waals surface area contributed by atoms with E-state index in [1.807, 2.05) is 0 Å². The fourth-order valence-corrected chi connectivity index (χ4v) is 2.91. The molecule has 1 aliphatic rings. The molecule has 2 rings (SSSR count). The van der Waals surface area contributed by atoms with Gasteiger partial charge in [0, 0.05) is 6.54 Å². The molecule has 0 unspecified atom stereocenters. The van der Waals surface area contributed by atoms with E-state index in [2.05, 4.69) is 12.2 Å². The third-order valence-corrected chi connectivity index (χ3v) is 4.47. The second-order valence-electron chi connectivity index (χ2n) is 4.90. The van der Waals surface area contributed by atoms with Crippen LogP contribution in [0, 0.1) is 5.41 Å². The molecule has 1 fully saturated rings. The number of hydrogen-bond donors (Lipinski definition) is 2. The quantitative estimate of drug-likeness (QED) is 0.833. The lowest BCUT2D eigenvalue weighted by atomic mass is 10.0. The van der Waals surface area contributed by atoms with E-state index in [0.717, 1.165) is 24.2 Å². The predicted molar refractivity (Wildman–Crippen MR) is 70.2 cm³/mol. The Labute approximate surface area is 110 Å². The van der Waals surface area contributed by atoms with Crippen molar-refractivity contribution in [3.63, 3.8) is 0 Å². The minimum Gasteiger partial charge on any atom is -0.477 e. The van der Waals surface area contributed by atoms with Crippen molar-refractivity contribution in [2.45, 2.75) is 32.6 Å². The van der Waals surface area contributed by atoms with Crippen molar-refractivity contribution < 1.29 is 14.7 Å². The van der Waals surface area contributed by atoms with Crippen molar-refractivity contribution >= 4 is 23.2 Å². The predicted octanol–water partition coefficient (Wildman–Crippen LogP) is 2.76. The van der Waals surface area contributed by atoms with Crippen LogP contribution in [-0.4, -0.2) is 23.5 Å². The van der Waals surface area contributed by atoms with Gasteiger partial charge in [-0.1, -0.05) is 13.3 Å². The first-order valence-corrected chi connectivity index (χ1v) is 6.99. The van der Waals surface area contributed by atoms with Crippen molar-refractivity contribution in [2.75, 3.05) is 6.54 Å². The van der Waals surface area contributed by atoms with Crippen LogP contribution >= 0.6 is 11.3 Å². The molecule has 18 heavy (non-hydrogen) atoms. The average molecular weight is 267 g/mol. The highest BCUT2D eigenvalue weighted by molar-refractivity contribution is 7.15. The van der Waals surface area contributed by atoms with Gasteiger partial charge in [-0.3, -0.25) is 4.79 Å². The second-order valence-corrected chi connectivity index (χ2v) is 5.99. The Hall–Kier alpha value is -1.36. The molecule has 1 heterocycles. The lowest BCUT2D eigenvalue weighted by molar-refractivity contribution is 0.0702. The normalized spacial score (nSPS) is 16.3. The first-order valence-electron chi connectivity index (χ1n) is 6.18. The molecule has 1 saturated carbocycles. The maximum Gasteiger partial charge on any atom is 0.345 e. The number of carbonyl (C=O) groups is 2. The first kappa shape index (κ1) is 13.1. The lowest BCUT2D eigenvalue weighted by Gasteiger charge is -2.14. The van der Waals surface area contributed by atoms with Gasteiger partial charge in [0.15, 0.2) is 0 Å². The molecule has 0 saturated heterocycles. The Bertz CT molecular complexity index is 463. The van der Waals surface area contributed by atoms with Gasteiger partial charge in [0.2, 0.25) is 0 Å². The van der Waals surface area contributed by atoms with Gasteiger partial charge in [0.1, 0.15) is 4.88 Å². The van der Waals surface area contributed by atoms with Gasteiger partial charge in [-0.15, -0.1) is 11.3 Å². The molecule has 5 heteroatoms. The van der Waals surface area contributed by atoms with E-state index in [9.17, 15) is 9.59 Å². The molecule has 98 valence electrons. The Kier molecular flexibility index (Phi) is 3.71. The highest BCUT2D eigenvalue weighted by atomic mass is 32.1. The number of carbonyl (C=O) groups excluding carboxylic acids is 1. The largest absolute Gasteiger partial charge is 0.477 e. The topological polar surface area (TPSA) is 66.4 Å². The molecule has 1 aliphatic carbocycles. The summed E-state index contributed by atoms with van der Waals surface area (Å²) in [5.41, 5.74) is 0.317. The number of amides is 1. The van der Waals surface area contributed by atoms with Crippen molar-refractivity contribution in [3.05, 3.63) is 21.9 Å². The summed E-state index contributed by atoms with van der Waals surface area (Å²) in [5, 5.41) is 11.7. The number of thiophene rings is 1. The van der Waals surface area contributed by atoms with Crippen molar-refractivity contribution in [3.8, 4) is 0 Å². The molecule has 0 radical (unpaired) electrons. The molecule has 2 N–H and O–H groups in total. The summed E-state index contributed by atoms with van der Waals surface area (Å²) < 4.78 is 0. The molecule has 1 amide bonds. The minimum absolute atomic E-state index is 0.158. The maximum absolute atomic E-state index is 11.9. The third-order valence-electron chi connectivity index (χ3n) is 3.40. The van der Waals surface area contributed by atoms with E-state index in [0.29, 0.717) is 16.8 Å². The van der Waals surface area contributed by atoms with Crippen LogP contribution in [0.25, 0.3) is 0 Å². The fourth-order valence-electron chi connectivity index (χ4n) is 2.15. The number of hydrogen-bond acceptors (Lipinski definition) is 3. The maximum atomic E-state index is 11.9. The second kappa shape index (κ2) is 5.10. The molecule has 0 bridgehead atoms. The molecule has 0 atom stereocenters. The fraction of sp³-hybridized carbons (Fsp3) is 0.538. The Morgan fingerprint density at radius 2 is 2.06 bits per heavy atom. The van der Waals surface area contributed by atoms with E-state index in [1.54, 1.807) is 6.07 Å². The molecule has 0 aliphatic heterocycles. The number of carboxylic acids is 1. The summed E-state index contributed by atoms with van der Waals surface area (Å²) in [6, 6.07) is 3.05. The van der Waals surface area contributed by atoms with Crippen LogP contribution in [0.5, 0.6) is 0 Å². The van der Waals surface area contributed by atoms with Crippen LogP contribution in [-0.2, 0) is 0 Å². The van der Waals surface area contributed by atoms with Gasteiger partial charge in [-0.2, -0.15) is 0 Å². The Balaban J connectivity index is 1.89. The molecular weight excluding hydrogens is 250 g/mol. The van der Waals surface area contributed by atoms with Crippen LogP contribution < -0.4 is 5.32 Å². The third kappa shape index (κ3) is 2.90. The lowest BCUT2D eigenvalue weighted by Crippen LogP contribution is -2.29. The number of rotatable bonds is 6. The summed E-state index contributed by atoms with van der Waals surface area (Å²) in [5.74, 6) is -1.14. The van der Waals surface area contributed by atoms with Gasteiger partial charge < -0.3 is 10.4 Å². The van der Waals surface area contributed by atoms with Crippen molar-refractivity contribution in [2.24, 2.45) is 5.41 Å². The number of nitrogens with one attached hydrogen (secondary N) is 1. The summed E-state index contributed by atoms with van der Waals surface area (Å²) >= 11 is 1.02. The van der Waals surface area contributed by atoms with Gasteiger partial charge >= 0.3 is 5.97 Å². The van der Waals surface area contributed by atoms with E-state index in [1.165, 1.54) is 18.9 Å². The van der Waals surface area contributed by atoms with E-state index >= 15 is 0 Å². The van der Waals surface area contributed by atoms with Crippen LogP contribution in [0.15, 0.2) is 12.1 Å². The van der Waals surface area contributed by atoms with E-state index in [-0.39, 0.29) is 10.8 Å². The van der Waals surface area contributed by atoms with Crippen molar-refractivity contribution in [1.82, 2.24) is 5.32 Å². The van der Waals surface area contributed by atoms with Crippen LogP contribution in [0.1, 0.15) is 52.0 Å². The zero-order valence-electron chi connectivity index (χ0n) is 10.4. The van der Waals surface area contributed by atoms with Gasteiger partial charge in [0.25, 0.3) is 5.91 Å². The molecule has 4 nitrogen and oxygen atoms in total. The zero-order valence-corrected chi connectivity index (χ0v) is 11.2. The first-order chi connectivity index (χ1) is 8.56. The molecule has 1 aromatic heterocycles. The Morgan fingerprint density at radius 1 is 1.39 bits per heavy atom. The SMILES string of the molecule is CCCC1(CNC(=O)c2ccc(C(=O)O)s2)CC1. The molecule has 0 aromatic carbocycles. The van der Waals surface area contributed by atoms with E-state index < -0.39 is 5.97 Å². The van der Waals surface area contributed by atoms with Gasteiger partial charge in [0.05, 0.1) is 4.88 Å². The molecule has 1 aromatic rings. The number of aromatic carboxylic acids is 1. The van der Waals surface area contributed by atoms with Crippen LogP contribution in [0.3, 0.4) is 0 Å². The highest BCUT2D eigenvalue weighted by Crippen LogP contribution is 2.48. The average Bonchev–Trinajstić information content (AvgIpc) is 2.92. The summed E-state index contributed by atoms with van der Waals surface area (Å²) in [4.78, 5) is 23.3. The standard InChI is InChI=1S/C13H17NO3S/c1-2-5-13(6-7-13)8-14-11(15)9-3-4-10(18-9)12(16)17/h3-4H,2,5-8H2,1H3,(H,14,15)(H,16,17). The highest BCUT2D eigenvalue weighted by Gasteiger charge is 2.41. The molecule has 0 spiro atoms. The Morgan fingerprint density at radius 3 is 2.56 bits per heavy atom. The number of carboxylic acid groups (broad SMARTS) is 1. The molecular formula is C13H17NO3S. The van der Waals surface area contributed by atoms with Crippen LogP contribution in [0.4, 0.5) is 0 Å². The smallest absolute Gasteiger partial charge is 0.345 e. The van der Waals surface area contributed by atoms with E-state index in [4.69, 9.17) is 5.11 Å².